The van der Waals surface area contributed by atoms with Gasteiger partial charge in [-0.25, -0.2) is 0 Å². The van der Waals surface area contributed by atoms with Gasteiger partial charge >= 0.3 is 0 Å². The number of aromatic hydroxyl groups is 2. The Kier molecular flexibility index (Phi) is 9.75. The van der Waals surface area contributed by atoms with E-state index >= 15 is 0 Å². The molecule has 4 nitrogen and oxygen atoms in total. The van der Waals surface area contributed by atoms with Crippen LogP contribution < -0.4 is 0 Å². The van der Waals surface area contributed by atoms with Gasteiger partial charge in [-0.3, -0.25) is 9.59 Å². The third-order valence-corrected chi connectivity index (χ3v) is 8.71. The van der Waals surface area contributed by atoms with Crippen LogP contribution in [0.1, 0.15) is 84.2 Å². The molecule has 3 aromatic rings. The second-order valence-electron chi connectivity index (χ2n) is 9.60. The zero-order valence-electron chi connectivity index (χ0n) is 22.0. The molecule has 0 aliphatic heterocycles. The Labute approximate surface area is 233 Å². The molecule has 3 aromatic carbocycles. The van der Waals surface area contributed by atoms with Gasteiger partial charge in [0.1, 0.15) is 11.5 Å². The molecule has 0 aromatic heterocycles. The van der Waals surface area contributed by atoms with Crippen molar-refractivity contribution in [1.82, 2.24) is 0 Å². The lowest BCUT2D eigenvalue weighted by Gasteiger charge is -2.19. The number of thioether (sulfide) groups is 1. The summed E-state index contributed by atoms with van der Waals surface area (Å²) in [4.78, 5) is 28.6. The Bertz CT molecular complexity index is 1330. The van der Waals surface area contributed by atoms with Crippen LogP contribution in [0.5, 0.6) is 11.5 Å². The van der Waals surface area contributed by atoms with E-state index in [0.717, 1.165) is 35.5 Å². The van der Waals surface area contributed by atoms with Crippen molar-refractivity contribution in [3.05, 3.63) is 87.8 Å². The van der Waals surface area contributed by atoms with Crippen LogP contribution in [0.4, 0.5) is 0 Å². The number of unbranched alkanes of at least 4 members (excludes halogenated alkanes) is 4. The molecule has 0 atom stereocenters. The highest BCUT2D eigenvalue weighted by atomic mass is 32.2. The molecule has 0 bridgehead atoms. The molecule has 0 fully saturated rings. The molecule has 0 amide bonds. The van der Waals surface area contributed by atoms with E-state index in [1.54, 1.807) is 0 Å². The van der Waals surface area contributed by atoms with E-state index < -0.39 is 11.6 Å². The number of benzene rings is 3. The zero-order valence-corrected chi connectivity index (χ0v) is 23.6. The number of aryl methyl sites for hydroxylation is 2. The zero-order chi connectivity index (χ0) is 27.1. The van der Waals surface area contributed by atoms with Crippen LogP contribution in [-0.4, -0.2) is 21.8 Å². The first-order valence-corrected chi connectivity index (χ1v) is 15.0. The number of fused-ring (bicyclic) bond motifs is 1. The Morgan fingerprint density at radius 1 is 0.684 bits per heavy atom. The van der Waals surface area contributed by atoms with Crippen LogP contribution in [0.2, 0.25) is 0 Å². The Morgan fingerprint density at radius 3 is 1.74 bits per heavy atom. The first-order valence-electron chi connectivity index (χ1n) is 13.3. The highest BCUT2D eigenvalue weighted by molar-refractivity contribution is 8.04. The van der Waals surface area contributed by atoms with Gasteiger partial charge in [-0.1, -0.05) is 87.3 Å². The summed E-state index contributed by atoms with van der Waals surface area (Å²) in [7, 11) is 0. The summed E-state index contributed by atoms with van der Waals surface area (Å²) in [6, 6.07) is 17.4. The molecular formula is C32H34O4S2. The van der Waals surface area contributed by atoms with Crippen LogP contribution in [-0.2, 0) is 12.8 Å². The van der Waals surface area contributed by atoms with Crippen molar-refractivity contribution in [3.8, 4) is 11.5 Å². The monoisotopic (exact) mass is 546 g/mol. The van der Waals surface area contributed by atoms with Crippen molar-refractivity contribution in [3.63, 3.8) is 0 Å². The van der Waals surface area contributed by atoms with Crippen molar-refractivity contribution in [1.29, 1.82) is 0 Å². The van der Waals surface area contributed by atoms with E-state index in [2.05, 4.69) is 26.0 Å². The van der Waals surface area contributed by atoms with Gasteiger partial charge in [-0.2, -0.15) is 0 Å². The highest BCUT2D eigenvalue weighted by Crippen LogP contribution is 2.45. The molecule has 198 valence electrons. The summed E-state index contributed by atoms with van der Waals surface area (Å²) in [6.07, 6.45) is 10.4. The summed E-state index contributed by atoms with van der Waals surface area (Å²) in [5, 5.41) is 21.7. The summed E-state index contributed by atoms with van der Waals surface area (Å²) < 4.78 is 0. The molecule has 1 aliphatic rings. The van der Waals surface area contributed by atoms with Crippen LogP contribution in [0.25, 0.3) is 0 Å². The fourth-order valence-corrected chi connectivity index (χ4v) is 6.28. The van der Waals surface area contributed by atoms with E-state index in [1.807, 2.05) is 36.4 Å². The molecule has 4 rings (SSSR count). The molecule has 0 saturated carbocycles. The average Bonchev–Trinajstić information content (AvgIpc) is 2.91. The quantitative estimate of drug-likeness (QED) is 0.175. The van der Waals surface area contributed by atoms with E-state index in [1.165, 1.54) is 72.5 Å². The number of phenols is 2. The minimum atomic E-state index is -0.486. The van der Waals surface area contributed by atoms with Gasteiger partial charge in [-0.15, -0.1) is 0 Å². The standard InChI is InChI=1S/C32H34O4S2/c1-3-5-7-9-21-11-15-23(16-12-21)37-27-19-25(33)30-29(31(27)35)26(34)20-28(32(30)36)38-24-17-13-22(14-18-24)10-8-6-4-2/h11-20,33,35H,3-10H2,1-2H3. The summed E-state index contributed by atoms with van der Waals surface area (Å²) >= 11 is 2.45. The maximum atomic E-state index is 13.3. The molecule has 38 heavy (non-hydrogen) atoms. The van der Waals surface area contributed by atoms with Crippen LogP contribution >= 0.6 is 23.5 Å². The van der Waals surface area contributed by atoms with Gasteiger partial charge in [0.2, 0.25) is 5.78 Å². The van der Waals surface area contributed by atoms with Gasteiger partial charge in [-0.05, 0) is 67.1 Å². The van der Waals surface area contributed by atoms with Crippen LogP contribution in [0.15, 0.2) is 80.3 Å². The predicted octanol–water partition coefficient (Wildman–Crippen LogP) is 8.77. The van der Waals surface area contributed by atoms with Crippen LogP contribution in [0.3, 0.4) is 0 Å². The normalized spacial score (nSPS) is 12.9. The molecule has 0 spiro atoms. The molecule has 0 unspecified atom stereocenters. The summed E-state index contributed by atoms with van der Waals surface area (Å²) in [5.74, 6) is -1.52. The number of allylic oxidation sites excluding steroid dienone is 2. The smallest absolute Gasteiger partial charge is 0.204 e. The number of Topliss-reactive ketones (excluding diaryl/α,β-unsaturated/α-hetero) is 1. The average molecular weight is 547 g/mol. The Balaban J connectivity index is 1.50. The van der Waals surface area contributed by atoms with E-state index in [0.29, 0.717) is 4.90 Å². The second-order valence-corrected chi connectivity index (χ2v) is 11.8. The maximum absolute atomic E-state index is 13.3. The molecule has 1 aliphatic carbocycles. The van der Waals surface area contributed by atoms with Crippen molar-refractivity contribution < 1.29 is 19.8 Å². The number of phenolic OH excluding ortho intramolecular Hbond substituents is 2. The van der Waals surface area contributed by atoms with Gasteiger partial charge in [0.25, 0.3) is 0 Å². The molecule has 0 heterocycles. The Morgan fingerprint density at radius 2 is 1.21 bits per heavy atom. The summed E-state index contributed by atoms with van der Waals surface area (Å²) in [6.45, 7) is 4.36. The number of hydrogen-bond donors (Lipinski definition) is 2. The molecule has 6 heteroatoms. The number of hydrogen-bond acceptors (Lipinski definition) is 6. The van der Waals surface area contributed by atoms with E-state index in [9.17, 15) is 19.8 Å². The first kappa shape index (κ1) is 28.1. The number of carbonyl (C=O) groups is 2. The van der Waals surface area contributed by atoms with Crippen LogP contribution in [0, 0.1) is 0 Å². The highest BCUT2D eigenvalue weighted by Gasteiger charge is 2.33. The largest absolute Gasteiger partial charge is 0.507 e. The summed E-state index contributed by atoms with van der Waals surface area (Å²) in [5.41, 5.74) is 2.22. The van der Waals surface area contributed by atoms with Crippen molar-refractivity contribution in [2.75, 3.05) is 0 Å². The fraction of sp³-hybridized carbons (Fsp3) is 0.312. The Hall–Kier alpha value is -2.96. The van der Waals surface area contributed by atoms with Crippen molar-refractivity contribution >= 4 is 35.1 Å². The topological polar surface area (TPSA) is 74.6 Å². The predicted molar refractivity (Wildman–Crippen MR) is 156 cm³/mol. The molecule has 2 N–H and O–H groups in total. The first-order chi connectivity index (χ1) is 18.4. The van der Waals surface area contributed by atoms with E-state index in [-0.39, 0.29) is 27.5 Å². The third kappa shape index (κ3) is 6.72. The lowest BCUT2D eigenvalue weighted by molar-refractivity contribution is 0.0986. The molecule has 0 radical (unpaired) electrons. The number of ketones is 2. The SMILES string of the molecule is CCCCCc1ccc(SC2=CC(=O)c3c(O)c(Sc4ccc(CCCCC)cc4)cc(O)c3C2=O)cc1. The number of carbonyl (C=O) groups excluding carboxylic acids is 2. The number of rotatable bonds is 12. The lowest BCUT2D eigenvalue weighted by Crippen LogP contribution is -2.16. The minimum Gasteiger partial charge on any atom is -0.507 e. The van der Waals surface area contributed by atoms with Gasteiger partial charge < -0.3 is 10.2 Å². The second kappa shape index (κ2) is 13.2. The van der Waals surface area contributed by atoms with Gasteiger partial charge in [0.15, 0.2) is 5.78 Å². The molecule has 0 saturated heterocycles. The van der Waals surface area contributed by atoms with E-state index in [4.69, 9.17) is 0 Å². The fourth-order valence-electron chi connectivity index (χ4n) is 4.50. The lowest BCUT2D eigenvalue weighted by atomic mass is 9.93. The third-order valence-electron chi connectivity index (χ3n) is 6.64. The van der Waals surface area contributed by atoms with Crippen molar-refractivity contribution in [2.45, 2.75) is 79.9 Å². The van der Waals surface area contributed by atoms with Gasteiger partial charge in [0.05, 0.1) is 20.9 Å². The van der Waals surface area contributed by atoms with Gasteiger partial charge in [0, 0.05) is 15.9 Å². The van der Waals surface area contributed by atoms with Crippen molar-refractivity contribution in [2.24, 2.45) is 0 Å². The molecular weight excluding hydrogens is 512 g/mol. The minimum absolute atomic E-state index is 0.135. The maximum Gasteiger partial charge on any atom is 0.204 e.